The van der Waals surface area contributed by atoms with Crippen LogP contribution in [0.25, 0.3) is 10.2 Å². The van der Waals surface area contributed by atoms with Crippen molar-refractivity contribution in [3.8, 4) is 0 Å². The van der Waals surface area contributed by atoms with Crippen LogP contribution in [-0.2, 0) is 0 Å². The molecule has 6 heteroatoms. The van der Waals surface area contributed by atoms with Gasteiger partial charge in [0.15, 0.2) is 0 Å². The van der Waals surface area contributed by atoms with Gasteiger partial charge in [0.1, 0.15) is 10.2 Å². The molecular formula is C4H2N4OS. The summed E-state index contributed by atoms with van der Waals surface area (Å²) in [5, 5.41) is 9.50. The molecule has 0 radical (unpaired) electrons. The van der Waals surface area contributed by atoms with Crippen molar-refractivity contribution in [3.05, 3.63) is 16.6 Å². The molecule has 0 unspecified atom stereocenters. The summed E-state index contributed by atoms with van der Waals surface area (Å²) in [4.78, 5) is 10.9. The van der Waals surface area contributed by atoms with Crippen LogP contribution in [0.5, 0.6) is 0 Å². The molecule has 0 spiro atoms. The van der Waals surface area contributed by atoms with E-state index >= 15 is 0 Å². The highest BCUT2D eigenvalue weighted by Gasteiger charge is 2.00. The van der Waals surface area contributed by atoms with Crippen LogP contribution in [0.3, 0.4) is 0 Å². The number of nitrogens with one attached hydrogen (secondary N) is 1. The van der Waals surface area contributed by atoms with E-state index in [0.29, 0.717) is 10.2 Å². The van der Waals surface area contributed by atoms with E-state index in [0.717, 1.165) is 11.5 Å². The largest absolute Gasteiger partial charge is 0.285 e. The number of H-pyrrole nitrogens is 1. The summed E-state index contributed by atoms with van der Waals surface area (Å²) < 4.78 is 4.12. The fraction of sp³-hybridized carbons (Fsp3) is 0. The Balaban J connectivity index is 3.09. The number of rotatable bonds is 0. The summed E-state index contributed by atoms with van der Waals surface area (Å²) in [6, 6.07) is 0. The molecule has 0 fully saturated rings. The van der Waals surface area contributed by atoms with Crippen LogP contribution in [0.15, 0.2) is 11.0 Å². The maximum Gasteiger partial charge on any atom is 0.285 e. The lowest BCUT2D eigenvalue weighted by Crippen LogP contribution is -2.04. The standard InChI is InChI=1S/C4H2N4OS/c9-4-3-2(1-5-7-4)6-8-10-3/h1H,(H,7,9). The van der Waals surface area contributed by atoms with Gasteiger partial charge < -0.3 is 0 Å². The maximum atomic E-state index is 10.9. The molecule has 2 rings (SSSR count). The summed E-state index contributed by atoms with van der Waals surface area (Å²) in [6.07, 6.45) is 1.47. The quantitative estimate of drug-likeness (QED) is 0.569. The van der Waals surface area contributed by atoms with Crippen molar-refractivity contribution in [1.29, 1.82) is 0 Å². The fourth-order valence-electron chi connectivity index (χ4n) is 0.642. The van der Waals surface area contributed by atoms with E-state index in [9.17, 15) is 4.79 Å². The Morgan fingerprint density at radius 2 is 2.50 bits per heavy atom. The Morgan fingerprint density at radius 3 is 3.30 bits per heavy atom. The molecule has 0 saturated heterocycles. The summed E-state index contributed by atoms with van der Waals surface area (Å²) in [5.74, 6) is 0. The van der Waals surface area contributed by atoms with Crippen molar-refractivity contribution in [1.82, 2.24) is 19.8 Å². The first-order chi connectivity index (χ1) is 4.88. The first-order valence-corrected chi connectivity index (χ1v) is 3.31. The van der Waals surface area contributed by atoms with E-state index < -0.39 is 0 Å². The number of hydrogen-bond donors (Lipinski definition) is 1. The highest BCUT2D eigenvalue weighted by molar-refractivity contribution is 7.12. The molecule has 0 aromatic carbocycles. The van der Waals surface area contributed by atoms with E-state index in [-0.39, 0.29) is 5.56 Å². The molecule has 50 valence electrons. The molecule has 10 heavy (non-hydrogen) atoms. The lowest BCUT2D eigenvalue weighted by molar-refractivity contribution is 1.01. The Kier molecular flexibility index (Phi) is 1.01. The number of hydrogen-bond acceptors (Lipinski definition) is 5. The first kappa shape index (κ1) is 5.48. The van der Waals surface area contributed by atoms with Gasteiger partial charge in [0.2, 0.25) is 0 Å². The third-order valence-electron chi connectivity index (χ3n) is 1.07. The molecule has 0 aliphatic rings. The third-order valence-corrected chi connectivity index (χ3v) is 1.81. The predicted molar refractivity (Wildman–Crippen MR) is 35.8 cm³/mol. The van der Waals surface area contributed by atoms with E-state index in [4.69, 9.17) is 0 Å². The summed E-state index contributed by atoms with van der Waals surface area (Å²) in [5.41, 5.74) is 0.321. The minimum Gasteiger partial charge on any atom is -0.266 e. The number of aromatic amines is 1. The monoisotopic (exact) mass is 154 g/mol. The Labute approximate surface area is 58.9 Å². The third kappa shape index (κ3) is 0.623. The predicted octanol–water partition coefficient (Wildman–Crippen LogP) is -0.225. The average Bonchev–Trinajstić information content (AvgIpc) is 2.36. The first-order valence-electron chi connectivity index (χ1n) is 2.53. The second-order valence-electron chi connectivity index (χ2n) is 1.69. The van der Waals surface area contributed by atoms with Crippen molar-refractivity contribution in [3.63, 3.8) is 0 Å². The van der Waals surface area contributed by atoms with Crippen LogP contribution in [-0.4, -0.2) is 19.8 Å². The molecule has 0 aliphatic heterocycles. The van der Waals surface area contributed by atoms with Crippen molar-refractivity contribution < 1.29 is 0 Å². The van der Waals surface area contributed by atoms with Gasteiger partial charge in [-0.3, -0.25) is 4.79 Å². The van der Waals surface area contributed by atoms with Crippen molar-refractivity contribution in [2.75, 3.05) is 0 Å². The second kappa shape index (κ2) is 1.84. The van der Waals surface area contributed by atoms with E-state index in [1.807, 2.05) is 0 Å². The number of nitrogens with zero attached hydrogens (tertiary/aromatic N) is 3. The van der Waals surface area contributed by atoms with Crippen LogP contribution >= 0.6 is 11.5 Å². The van der Waals surface area contributed by atoms with Gasteiger partial charge in [-0.1, -0.05) is 4.49 Å². The lowest BCUT2D eigenvalue weighted by atomic mass is 10.5. The van der Waals surface area contributed by atoms with E-state index in [1.165, 1.54) is 6.20 Å². The molecule has 2 aromatic rings. The van der Waals surface area contributed by atoms with Crippen molar-refractivity contribution in [2.45, 2.75) is 0 Å². The Bertz CT molecular complexity index is 405. The highest BCUT2D eigenvalue weighted by Crippen LogP contribution is 2.05. The van der Waals surface area contributed by atoms with Crippen molar-refractivity contribution >= 4 is 21.7 Å². The highest BCUT2D eigenvalue weighted by atomic mass is 32.1. The minimum absolute atomic E-state index is 0.229. The molecule has 0 bridgehead atoms. The molecule has 2 aromatic heterocycles. The Hall–Kier alpha value is -1.30. The van der Waals surface area contributed by atoms with Gasteiger partial charge in [0.05, 0.1) is 6.20 Å². The smallest absolute Gasteiger partial charge is 0.266 e. The van der Waals surface area contributed by atoms with Crippen LogP contribution < -0.4 is 5.56 Å². The van der Waals surface area contributed by atoms with Gasteiger partial charge in [0, 0.05) is 0 Å². The SMILES string of the molecule is O=c1[nH]ncc2nnsc12. The number of fused-ring (bicyclic) bond motifs is 1. The van der Waals surface area contributed by atoms with Crippen LogP contribution in [0.4, 0.5) is 0 Å². The van der Waals surface area contributed by atoms with Gasteiger partial charge >= 0.3 is 0 Å². The molecule has 0 atom stereocenters. The molecule has 2 heterocycles. The zero-order chi connectivity index (χ0) is 6.97. The van der Waals surface area contributed by atoms with Crippen LogP contribution in [0.1, 0.15) is 0 Å². The molecule has 0 amide bonds. The van der Waals surface area contributed by atoms with Crippen LogP contribution in [0, 0.1) is 0 Å². The normalized spacial score (nSPS) is 10.4. The van der Waals surface area contributed by atoms with Gasteiger partial charge in [-0.2, -0.15) is 5.10 Å². The summed E-state index contributed by atoms with van der Waals surface area (Å²) >= 11 is 1.07. The Morgan fingerprint density at radius 1 is 1.60 bits per heavy atom. The average molecular weight is 154 g/mol. The summed E-state index contributed by atoms with van der Waals surface area (Å²) in [7, 11) is 0. The van der Waals surface area contributed by atoms with Gasteiger partial charge in [-0.05, 0) is 11.5 Å². The number of aromatic nitrogens is 4. The van der Waals surface area contributed by atoms with Gasteiger partial charge in [-0.15, -0.1) is 5.10 Å². The lowest BCUT2D eigenvalue weighted by Gasteiger charge is -1.79. The van der Waals surface area contributed by atoms with E-state index in [2.05, 4.69) is 19.8 Å². The topological polar surface area (TPSA) is 71.5 Å². The fourth-order valence-corrected chi connectivity index (χ4v) is 1.17. The van der Waals surface area contributed by atoms with Gasteiger partial charge in [-0.25, -0.2) is 5.10 Å². The second-order valence-corrected chi connectivity index (χ2v) is 2.44. The van der Waals surface area contributed by atoms with Crippen molar-refractivity contribution in [2.24, 2.45) is 0 Å². The molecule has 5 nitrogen and oxygen atoms in total. The minimum atomic E-state index is -0.229. The maximum absolute atomic E-state index is 10.9. The van der Waals surface area contributed by atoms with Crippen LogP contribution in [0.2, 0.25) is 0 Å². The molecule has 1 N–H and O–H groups in total. The van der Waals surface area contributed by atoms with E-state index in [1.54, 1.807) is 0 Å². The summed E-state index contributed by atoms with van der Waals surface area (Å²) in [6.45, 7) is 0. The molecule has 0 aliphatic carbocycles. The molecule has 0 saturated carbocycles. The molecular weight excluding hydrogens is 152 g/mol. The van der Waals surface area contributed by atoms with Gasteiger partial charge in [0.25, 0.3) is 5.56 Å². The zero-order valence-corrected chi connectivity index (χ0v) is 5.55. The zero-order valence-electron chi connectivity index (χ0n) is 4.74.